The summed E-state index contributed by atoms with van der Waals surface area (Å²) in [5.74, 6) is 1.73. The second kappa shape index (κ2) is 6.51. The van der Waals surface area contributed by atoms with E-state index >= 15 is 0 Å². The van der Waals surface area contributed by atoms with E-state index in [1.807, 2.05) is 24.3 Å². The molecule has 3 nitrogen and oxygen atoms in total. The maximum absolute atomic E-state index is 6.19. The lowest BCUT2D eigenvalue weighted by Crippen LogP contribution is -2.33. The Morgan fingerprint density at radius 3 is 2.50 bits per heavy atom. The van der Waals surface area contributed by atoms with Gasteiger partial charge in [-0.25, -0.2) is 4.98 Å². The molecule has 24 heavy (non-hydrogen) atoms. The van der Waals surface area contributed by atoms with Crippen LogP contribution in [0.4, 0.5) is 5.82 Å². The van der Waals surface area contributed by atoms with Gasteiger partial charge in [-0.1, -0.05) is 30.7 Å². The molecule has 1 aliphatic heterocycles. The summed E-state index contributed by atoms with van der Waals surface area (Å²) in [4.78, 5) is 12.3. The molecule has 1 aliphatic rings. The highest BCUT2D eigenvalue weighted by Gasteiger charge is 2.22. The molecular weight excluding hydrogens is 361 g/mol. The number of aromatic nitrogens is 2. The number of hydrogen-bond acceptors (Lipinski definition) is 4. The van der Waals surface area contributed by atoms with Crippen molar-refractivity contribution < 1.29 is 0 Å². The van der Waals surface area contributed by atoms with E-state index < -0.39 is 0 Å². The standard InChI is InChI=1S/C18H17Cl2N3S/c1-11-6-8-23(9-7-11)16-15-14(12-2-4-13(19)5-3-12)10-24-17(15)22-18(20)21-16/h2-5,10-11H,6-9H2,1H3. The zero-order valence-electron chi connectivity index (χ0n) is 13.3. The normalized spacial score (nSPS) is 16.0. The molecule has 4 rings (SSSR count). The van der Waals surface area contributed by atoms with E-state index in [4.69, 9.17) is 23.2 Å². The molecule has 0 saturated carbocycles. The maximum Gasteiger partial charge on any atom is 0.225 e. The summed E-state index contributed by atoms with van der Waals surface area (Å²) in [6, 6.07) is 7.92. The van der Waals surface area contributed by atoms with Crippen molar-refractivity contribution in [2.75, 3.05) is 18.0 Å². The third-order valence-electron chi connectivity index (χ3n) is 4.63. The van der Waals surface area contributed by atoms with Crippen LogP contribution in [0, 0.1) is 5.92 Å². The lowest BCUT2D eigenvalue weighted by molar-refractivity contribution is 0.437. The van der Waals surface area contributed by atoms with Crippen molar-refractivity contribution in [3.05, 3.63) is 40.0 Å². The molecular formula is C18H17Cl2N3S. The van der Waals surface area contributed by atoms with Crippen LogP contribution in [-0.4, -0.2) is 23.1 Å². The molecule has 3 aromatic rings. The van der Waals surface area contributed by atoms with Gasteiger partial charge in [-0.05, 0) is 48.1 Å². The highest BCUT2D eigenvalue weighted by atomic mass is 35.5. The minimum absolute atomic E-state index is 0.320. The first-order valence-electron chi connectivity index (χ1n) is 8.07. The van der Waals surface area contributed by atoms with Crippen molar-refractivity contribution in [2.45, 2.75) is 19.8 Å². The summed E-state index contributed by atoms with van der Waals surface area (Å²) in [5, 5.41) is 4.29. The topological polar surface area (TPSA) is 29.0 Å². The Bertz CT molecular complexity index is 868. The van der Waals surface area contributed by atoms with Crippen LogP contribution in [0.2, 0.25) is 10.3 Å². The summed E-state index contributed by atoms with van der Waals surface area (Å²) < 4.78 is 0. The maximum atomic E-state index is 6.19. The van der Waals surface area contributed by atoms with Crippen molar-refractivity contribution in [1.29, 1.82) is 0 Å². The number of nitrogens with zero attached hydrogens (tertiary/aromatic N) is 3. The van der Waals surface area contributed by atoms with Crippen molar-refractivity contribution in [3.8, 4) is 11.1 Å². The number of benzene rings is 1. The zero-order chi connectivity index (χ0) is 16.7. The number of fused-ring (bicyclic) bond motifs is 1. The number of halogens is 2. The minimum atomic E-state index is 0.320. The fourth-order valence-corrected chi connectivity index (χ4v) is 4.47. The molecule has 0 unspecified atom stereocenters. The molecule has 2 aromatic heterocycles. The van der Waals surface area contributed by atoms with E-state index in [2.05, 4.69) is 27.2 Å². The molecule has 1 aromatic carbocycles. The summed E-state index contributed by atoms with van der Waals surface area (Å²) in [7, 11) is 0. The van der Waals surface area contributed by atoms with Gasteiger partial charge in [-0.15, -0.1) is 11.3 Å². The largest absolute Gasteiger partial charge is 0.356 e. The first kappa shape index (κ1) is 16.1. The smallest absolute Gasteiger partial charge is 0.225 e. The molecule has 0 bridgehead atoms. The number of anilines is 1. The number of hydrogen-bond donors (Lipinski definition) is 0. The van der Waals surface area contributed by atoms with Crippen LogP contribution >= 0.6 is 34.5 Å². The summed E-state index contributed by atoms with van der Waals surface area (Å²) in [6.07, 6.45) is 2.37. The van der Waals surface area contributed by atoms with Crippen LogP contribution < -0.4 is 4.90 Å². The monoisotopic (exact) mass is 377 g/mol. The van der Waals surface area contributed by atoms with Crippen molar-refractivity contribution in [3.63, 3.8) is 0 Å². The van der Waals surface area contributed by atoms with Gasteiger partial charge in [0, 0.05) is 29.1 Å². The molecule has 0 aliphatic carbocycles. The molecule has 0 spiro atoms. The second-order valence-corrected chi connectivity index (χ2v) is 7.95. The third-order valence-corrected chi connectivity index (χ3v) is 5.92. The quantitative estimate of drug-likeness (QED) is 0.520. The number of thiophene rings is 1. The average Bonchev–Trinajstić information content (AvgIpc) is 2.99. The summed E-state index contributed by atoms with van der Waals surface area (Å²) in [6.45, 7) is 4.34. The zero-order valence-corrected chi connectivity index (χ0v) is 15.6. The van der Waals surface area contributed by atoms with E-state index in [1.165, 1.54) is 12.8 Å². The van der Waals surface area contributed by atoms with Gasteiger partial charge < -0.3 is 4.90 Å². The highest BCUT2D eigenvalue weighted by molar-refractivity contribution is 7.17. The predicted molar refractivity (Wildman–Crippen MR) is 103 cm³/mol. The Kier molecular flexibility index (Phi) is 4.37. The van der Waals surface area contributed by atoms with Gasteiger partial charge in [-0.3, -0.25) is 0 Å². The second-order valence-electron chi connectivity index (χ2n) is 6.32. The van der Waals surface area contributed by atoms with Crippen LogP contribution in [0.3, 0.4) is 0 Å². The average molecular weight is 378 g/mol. The number of rotatable bonds is 2. The molecule has 1 saturated heterocycles. The Morgan fingerprint density at radius 1 is 1.08 bits per heavy atom. The van der Waals surface area contributed by atoms with Gasteiger partial charge in [0.05, 0.1) is 5.39 Å². The van der Waals surface area contributed by atoms with Gasteiger partial charge in [0.2, 0.25) is 5.28 Å². The van der Waals surface area contributed by atoms with Crippen molar-refractivity contribution in [1.82, 2.24) is 9.97 Å². The lowest BCUT2D eigenvalue weighted by Gasteiger charge is -2.31. The highest BCUT2D eigenvalue weighted by Crippen LogP contribution is 2.40. The van der Waals surface area contributed by atoms with E-state index in [-0.39, 0.29) is 0 Å². The van der Waals surface area contributed by atoms with E-state index in [0.717, 1.165) is 51.2 Å². The molecule has 0 radical (unpaired) electrons. The Balaban J connectivity index is 1.86. The van der Waals surface area contributed by atoms with Gasteiger partial charge in [0.15, 0.2) is 0 Å². The number of piperidine rings is 1. The van der Waals surface area contributed by atoms with Crippen LogP contribution in [-0.2, 0) is 0 Å². The Labute approximate surface area is 155 Å². The van der Waals surface area contributed by atoms with Crippen LogP contribution in [0.15, 0.2) is 29.6 Å². The Hall–Kier alpha value is -1.36. The molecule has 6 heteroatoms. The molecule has 3 heterocycles. The molecule has 0 amide bonds. The van der Waals surface area contributed by atoms with Crippen LogP contribution in [0.25, 0.3) is 21.3 Å². The fourth-order valence-electron chi connectivity index (χ4n) is 3.19. The van der Waals surface area contributed by atoms with Crippen LogP contribution in [0.1, 0.15) is 19.8 Å². The van der Waals surface area contributed by atoms with Crippen LogP contribution in [0.5, 0.6) is 0 Å². The molecule has 124 valence electrons. The van der Waals surface area contributed by atoms with Crippen molar-refractivity contribution >= 4 is 50.6 Å². The van der Waals surface area contributed by atoms with Gasteiger partial charge >= 0.3 is 0 Å². The minimum Gasteiger partial charge on any atom is -0.356 e. The van der Waals surface area contributed by atoms with Crippen molar-refractivity contribution in [2.24, 2.45) is 5.92 Å². The van der Waals surface area contributed by atoms with E-state index in [0.29, 0.717) is 5.28 Å². The van der Waals surface area contributed by atoms with Gasteiger partial charge in [0.25, 0.3) is 0 Å². The van der Waals surface area contributed by atoms with E-state index in [9.17, 15) is 0 Å². The van der Waals surface area contributed by atoms with Gasteiger partial charge in [-0.2, -0.15) is 4.98 Å². The molecule has 1 fully saturated rings. The third kappa shape index (κ3) is 2.99. The SMILES string of the molecule is CC1CCN(c2nc(Cl)nc3scc(-c4ccc(Cl)cc4)c23)CC1. The first-order chi connectivity index (χ1) is 11.6. The predicted octanol–water partition coefficient (Wildman–Crippen LogP) is 5.90. The molecule has 0 atom stereocenters. The summed E-state index contributed by atoms with van der Waals surface area (Å²) in [5.41, 5.74) is 2.28. The lowest BCUT2D eigenvalue weighted by atomic mass is 9.98. The first-order valence-corrected chi connectivity index (χ1v) is 9.71. The Morgan fingerprint density at radius 2 is 1.79 bits per heavy atom. The fraction of sp³-hybridized carbons (Fsp3) is 0.333. The molecule has 0 N–H and O–H groups in total. The van der Waals surface area contributed by atoms with Gasteiger partial charge in [0.1, 0.15) is 10.6 Å². The van der Waals surface area contributed by atoms with E-state index in [1.54, 1.807) is 11.3 Å². The summed E-state index contributed by atoms with van der Waals surface area (Å²) >= 11 is 13.8.